The van der Waals surface area contributed by atoms with E-state index in [4.69, 9.17) is 4.74 Å². The van der Waals surface area contributed by atoms with E-state index in [-0.39, 0.29) is 18.4 Å². The van der Waals surface area contributed by atoms with Crippen molar-refractivity contribution in [3.05, 3.63) is 53.3 Å². The number of nitrogens with zero attached hydrogens (tertiary/aromatic N) is 1. The number of sulfonamides is 1. The molecule has 1 heterocycles. The standard InChI is InChI=1S/C18H22N2O3S.ClH/c1-12(2)24(21,22)20-16-9-14-6-7-17(11-15(14)10-16)23-18-5-4-8-19-13(18)3;/h4-8,11-12,16,20H,9-10H2,1-3H3;1H/t16-;/m0./s1. The van der Waals surface area contributed by atoms with E-state index in [1.165, 1.54) is 5.56 Å². The second-order valence-corrected chi connectivity index (χ2v) is 8.70. The fourth-order valence-corrected chi connectivity index (χ4v) is 3.72. The van der Waals surface area contributed by atoms with Gasteiger partial charge in [0.2, 0.25) is 10.0 Å². The Hall–Kier alpha value is -1.63. The summed E-state index contributed by atoms with van der Waals surface area (Å²) in [5.74, 6) is 1.48. The summed E-state index contributed by atoms with van der Waals surface area (Å²) in [4.78, 5) is 4.21. The first-order valence-corrected chi connectivity index (χ1v) is 9.62. The largest absolute Gasteiger partial charge is 0.455 e. The summed E-state index contributed by atoms with van der Waals surface area (Å²) in [6.45, 7) is 5.28. The number of rotatable bonds is 5. The van der Waals surface area contributed by atoms with Crippen molar-refractivity contribution in [1.82, 2.24) is 9.71 Å². The number of fused-ring (bicyclic) bond motifs is 1. The first-order chi connectivity index (χ1) is 11.3. The first-order valence-electron chi connectivity index (χ1n) is 8.07. The second kappa shape index (κ2) is 7.72. The van der Waals surface area contributed by atoms with Crippen molar-refractivity contribution in [2.45, 2.75) is 44.9 Å². The van der Waals surface area contributed by atoms with Crippen molar-refractivity contribution in [1.29, 1.82) is 0 Å². The Morgan fingerprint density at radius 3 is 2.60 bits per heavy atom. The van der Waals surface area contributed by atoms with Gasteiger partial charge in [-0.15, -0.1) is 12.4 Å². The van der Waals surface area contributed by atoms with Gasteiger partial charge in [0.05, 0.1) is 10.9 Å². The zero-order chi connectivity index (χ0) is 17.3. The number of nitrogens with one attached hydrogen (secondary N) is 1. The van der Waals surface area contributed by atoms with Crippen LogP contribution in [0.5, 0.6) is 11.5 Å². The minimum Gasteiger partial charge on any atom is -0.455 e. The SMILES string of the molecule is Cc1ncccc1Oc1ccc2c(c1)C[C@@H](NS(=O)(=O)C(C)C)C2.Cl. The predicted octanol–water partition coefficient (Wildman–Crippen LogP) is 3.40. The molecule has 0 spiro atoms. The molecule has 5 nitrogen and oxygen atoms in total. The number of hydrogen-bond donors (Lipinski definition) is 1. The van der Waals surface area contributed by atoms with E-state index < -0.39 is 15.3 Å². The summed E-state index contributed by atoms with van der Waals surface area (Å²) in [6, 6.07) is 9.57. The van der Waals surface area contributed by atoms with Gasteiger partial charge >= 0.3 is 0 Å². The molecule has 136 valence electrons. The van der Waals surface area contributed by atoms with Crippen molar-refractivity contribution in [2.75, 3.05) is 0 Å². The monoisotopic (exact) mass is 382 g/mol. The molecule has 1 aromatic heterocycles. The molecule has 0 saturated heterocycles. The maximum absolute atomic E-state index is 12.0. The molecule has 0 unspecified atom stereocenters. The van der Waals surface area contributed by atoms with Crippen molar-refractivity contribution < 1.29 is 13.2 Å². The van der Waals surface area contributed by atoms with Gasteiger partial charge in [-0.05, 0) is 69.0 Å². The lowest BCUT2D eigenvalue weighted by Crippen LogP contribution is -2.39. The molecule has 0 radical (unpaired) electrons. The summed E-state index contributed by atoms with van der Waals surface area (Å²) >= 11 is 0. The van der Waals surface area contributed by atoms with E-state index in [2.05, 4.69) is 9.71 Å². The van der Waals surface area contributed by atoms with Crippen LogP contribution in [0.2, 0.25) is 0 Å². The number of halogens is 1. The van der Waals surface area contributed by atoms with Gasteiger partial charge in [0.15, 0.2) is 0 Å². The molecule has 1 aliphatic rings. The third-order valence-electron chi connectivity index (χ3n) is 4.25. The number of benzene rings is 1. The highest BCUT2D eigenvalue weighted by atomic mass is 35.5. The van der Waals surface area contributed by atoms with Gasteiger partial charge in [-0.1, -0.05) is 6.07 Å². The van der Waals surface area contributed by atoms with Gasteiger partial charge in [-0.3, -0.25) is 4.98 Å². The van der Waals surface area contributed by atoms with Crippen LogP contribution in [0.3, 0.4) is 0 Å². The minimum atomic E-state index is -3.25. The van der Waals surface area contributed by atoms with Gasteiger partial charge in [0.25, 0.3) is 0 Å². The summed E-state index contributed by atoms with van der Waals surface area (Å²) < 4.78 is 32.8. The van der Waals surface area contributed by atoms with E-state index >= 15 is 0 Å². The Balaban J connectivity index is 0.00000225. The van der Waals surface area contributed by atoms with Crippen molar-refractivity contribution in [3.8, 4) is 11.5 Å². The first kappa shape index (κ1) is 19.7. The molecule has 1 aromatic carbocycles. The zero-order valence-corrected chi connectivity index (χ0v) is 16.2. The van der Waals surface area contributed by atoms with Gasteiger partial charge in [-0.25, -0.2) is 13.1 Å². The topological polar surface area (TPSA) is 68.3 Å². The molecule has 2 aromatic rings. The van der Waals surface area contributed by atoms with Crippen LogP contribution in [0, 0.1) is 6.92 Å². The van der Waals surface area contributed by atoms with Crippen LogP contribution in [-0.4, -0.2) is 24.7 Å². The number of hydrogen-bond acceptors (Lipinski definition) is 4. The van der Waals surface area contributed by atoms with E-state index in [1.54, 1.807) is 20.0 Å². The van der Waals surface area contributed by atoms with Gasteiger partial charge in [0, 0.05) is 12.2 Å². The third kappa shape index (κ3) is 4.51. The minimum absolute atomic E-state index is 0. The molecular weight excluding hydrogens is 360 g/mol. The van der Waals surface area contributed by atoms with E-state index in [0.29, 0.717) is 12.8 Å². The molecule has 25 heavy (non-hydrogen) atoms. The van der Waals surface area contributed by atoms with Crippen molar-refractivity contribution >= 4 is 22.4 Å². The quantitative estimate of drug-likeness (QED) is 0.860. The number of pyridine rings is 1. The Labute approximate surface area is 155 Å². The van der Waals surface area contributed by atoms with Crippen molar-refractivity contribution in [3.63, 3.8) is 0 Å². The average Bonchev–Trinajstić information content (AvgIpc) is 2.90. The molecule has 7 heteroatoms. The Bertz CT molecular complexity index is 853. The van der Waals surface area contributed by atoms with Crippen molar-refractivity contribution in [2.24, 2.45) is 0 Å². The van der Waals surface area contributed by atoms with Crippen LogP contribution in [0.1, 0.15) is 30.7 Å². The number of ether oxygens (including phenoxy) is 1. The van der Waals surface area contributed by atoms with Crippen LogP contribution < -0.4 is 9.46 Å². The maximum atomic E-state index is 12.0. The third-order valence-corrected chi connectivity index (χ3v) is 6.15. The Morgan fingerprint density at radius 1 is 1.20 bits per heavy atom. The van der Waals surface area contributed by atoms with Crippen LogP contribution >= 0.6 is 12.4 Å². The fourth-order valence-electron chi connectivity index (χ4n) is 2.81. The molecule has 1 N–H and O–H groups in total. The summed E-state index contributed by atoms with van der Waals surface area (Å²) in [6.07, 6.45) is 3.13. The fraction of sp³-hybridized carbons (Fsp3) is 0.389. The highest BCUT2D eigenvalue weighted by molar-refractivity contribution is 7.90. The highest BCUT2D eigenvalue weighted by Gasteiger charge is 2.27. The normalized spacial score (nSPS) is 16.4. The summed E-state index contributed by atoms with van der Waals surface area (Å²) in [5, 5.41) is -0.423. The molecule has 0 bridgehead atoms. The van der Waals surface area contributed by atoms with Crippen LogP contribution in [-0.2, 0) is 22.9 Å². The lowest BCUT2D eigenvalue weighted by atomic mass is 10.1. The van der Waals surface area contributed by atoms with Gasteiger partial charge in [-0.2, -0.15) is 0 Å². The van der Waals surface area contributed by atoms with E-state index in [0.717, 1.165) is 22.8 Å². The maximum Gasteiger partial charge on any atom is 0.214 e. The van der Waals surface area contributed by atoms with Gasteiger partial charge < -0.3 is 4.74 Å². The molecule has 1 atom stereocenters. The van der Waals surface area contributed by atoms with Crippen LogP contribution in [0.25, 0.3) is 0 Å². The second-order valence-electron chi connectivity index (χ2n) is 6.44. The lowest BCUT2D eigenvalue weighted by molar-refractivity contribution is 0.475. The molecule has 0 fully saturated rings. The Morgan fingerprint density at radius 2 is 1.92 bits per heavy atom. The van der Waals surface area contributed by atoms with Gasteiger partial charge in [0.1, 0.15) is 11.5 Å². The summed E-state index contributed by atoms with van der Waals surface area (Å²) in [5.41, 5.74) is 3.13. The summed E-state index contributed by atoms with van der Waals surface area (Å²) in [7, 11) is -3.25. The van der Waals surface area contributed by atoms with Crippen LogP contribution in [0.4, 0.5) is 0 Å². The average molecular weight is 383 g/mol. The van der Waals surface area contributed by atoms with E-state index in [9.17, 15) is 8.42 Å². The predicted molar refractivity (Wildman–Crippen MR) is 101 cm³/mol. The molecule has 3 rings (SSSR count). The van der Waals surface area contributed by atoms with Crippen LogP contribution in [0.15, 0.2) is 36.5 Å². The molecule has 0 saturated carbocycles. The molecule has 1 aliphatic carbocycles. The number of aromatic nitrogens is 1. The number of aryl methyl sites for hydroxylation is 1. The van der Waals surface area contributed by atoms with E-state index in [1.807, 2.05) is 37.3 Å². The molecular formula is C18H23ClN2O3S. The molecule has 0 aliphatic heterocycles. The molecule has 0 amide bonds. The Kier molecular flexibility index (Phi) is 6.08. The lowest BCUT2D eigenvalue weighted by Gasteiger charge is -2.14. The smallest absolute Gasteiger partial charge is 0.214 e. The highest BCUT2D eigenvalue weighted by Crippen LogP contribution is 2.30. The zero-order valence-electron chi connectivity index (χ0n) is 14.5.